The van der Waals surface area contributed by atoms with Gasteiger partial charge in [0.2, 0.25) is 11.8 Å². The Morgan fingerprint density at radius 1 is 1.15 bits per heavy atom. The maximum atomic E-state index is 12.7. The van der Waals surface area contributed by atoms with E-state index in [-0.39, 0.29) is 42.6 Å². The number of benzene rings is 1. The van der Waals surface area contributed by atoms with Gasteiger partial charge in [-0.3, -0.25) is 19.3 Å². The van der Waals surface area contributed by atoms with Gasteiger partial charge < -0.3 is 20.3 Å². The second-order valence-corrected chi connectivity index (χ2v) is 9.12. The molecule has 1 aromatic carbocycles. The van der Waals surface area contributed by atoms with Gasteiger partial charge in [0, 0.05) is 32.0 Å². The van der Waals surface area contributed by atoms with Crippen LogP contribution < -0.4 is 15.4 Å². The molecule has 1 aliphatic carbocycles. The van der Waals surface area contributed by atoms with Crippen LogP contribution in [0, 0.1) is 5.92 Å². The zero-order chi connectivity index (χ0) is 23.4. The summed E-state index contributed by atoms with van der Waals surface area (Å²) >= 11 is 0. The first-order valence-electron chi connectivity index (χ1n) is 11.8. The lowest BCUT2D eigenvalue weighted by Gasteiger charge is -2.31. The molecule has 2 heterocycles. The summed E-state index contributed by atoms with van der Waals surface area (Å²) in [6.45, 7) is 1.31. The molecule has 5 amide bonds. The van der Waals surface area contributed by atoms with Crippen molar-refractivity contribution in [1.29, 1.82) is 0 Å². The van der Waals surface area contributed by atoms with Gasteiger partial charge in [0.1, 0.15) is 11.3 Å². The predicted molar refractivity (Wildman–Crippen MR) is 122 cm³/mol. The Hall–Kier alpha value is -3.10. The van der Waals surface area contributed by atoms with Gasteiger partial charge in [0.25, 0.3) is 5.91 Å². The maximum absolute atomic E-state index is 12.7. The number of likely N-dealkylation sites (tertiary alicyclic amines) is 1. The molecular weight excluding hydrogens is 424 g/mol. The molecule has 0 radical (unpaired) electrons. The highest BCUT2D eigenvalue weighted by molar-refractivity contribution is 6.07. The summed E-state index contributed by atoms with van der Waals surface area (Å²) in [5.41, 5.74) is -0.0591. The number of para-hydroxylation sites is 2. The van der Waals surface area contributed by atoms with Crippen LogP contribution in [0.15, 0.2) is 24.3 Å². The standard InChI is InChI=1S/C24H32N4O5/c1-33-19-8-3-2-7-18(19)25-21(30)17-10-15-27(16-11-17)20(29)9-6-14-28-22(31)24(26-23(28)32)12-4-5-13-24/h2-3,7-8,17H,4-6,9-16H2,1H3,(H,25,30)(H,26,32). The number of imide groups is 1. The Morgan fingerprint density at radius 3 is 2.55 bits per heavy atom. The van der Waals surface area contributed by atoms with Crippen molar-refractivity contribution < 1.29 is 23.9 Å². The van der Waals surface area contributed by atoms with E-state index < -0.39 is 5.54 Å². The topological polar surface area (TPSA) is 108 Å². The fourth-order valence-electron chi connectivity index (χ4n) is 5.12. The molecule has 2 N–H and O–H groups in total. The molecule has 9 nitrogen and oxygen atoms in total. The molecule has 9 heteroatoms. The summed E-state index contributed by atoms with van der Waals surface area (Å²) in [5, 5.41) is 5.79. The number of nitrogens with one attached hydrogen (secondary N) is 2. The number of urea groups is 1. The number of piperidine rings is 1. The Morgan fingerprint density at radius 2 is 1.85 bits per heavy atom. The predicted octanol–water partition coefficient (Wildman–Crippen LogP) is 2.52. The lowest BCUT2D eigenvalue weighted by molar-refractivity contribution is -0.135. The first-order chi connectivity index (χ1) is 15.9. The Bertz CT molecular complexity index is 919. The van der Waals surface area contributed by atoms with E-state index in [0.29, 0.717) is 56.6 Å². The number of carbonyl (C=O) groups excluding carboxylic acids is 4. The lowest BCUT2D eigenvalue weighted by atomic mass is 9.95. The minimum atomic E-state index is -0.701. The monoisotopic (exact) mass is 456 g/mol. The van der Waals surface area contributed by atoms with Crippen molar-refractivity contribution in [3.63, 3.8) is 0 Å². The fourth-order valence-corrected chi connectivity index (χ4v) is 5.12. The summed E-state index contributed by atoms with van der Waals surface area (Å²) in [4.78, 5) is 53.3. The second kappa shape index (κ2) is 9.80. The van der Waals surface area contributed by atoms with Crippen molar-refractivity contribution in [3.8, 4) is 5.75 Å². The van der Waals surface area contributed by atoms with Crippen molar-refractivity contribution in [3.05, 3.63) is 24.3 Å². The van der Waals surface area contributed by atoms with Gasteiger partial charge in [-0.25, -0.2) is 4.79 Å². The maximum Gasteiger partial charge on any atom is 0.325 e. The van der Waals surface area contributed by atoms with Crippen molar-refractivity contribution in [2.75, 3.05) is 32.1 Å². The van der Waals surface area contributed by atoms with Gasteiger partial charge in [-0.05, 0) is 44.2 Å². The normalized spacial score (nSPS) is 20.3. The smallest absolute Gasteiger partial charge is 0.325 e. The van der Waals surface area contributed by atoms with E-state index >= 15 is 0 Å². The first-order valence-corrected chi connectivity index (χ1v) is 11.8. The van der Waals surface area contributed by atoms with E-state index in [1.54, 1.807) is 24.1 Å². The van der Waals surface area contributed by atoms with Crippen LogP contribution in [-0.2, 0) is 14.4 Å². The minimum Gasteiger partial charge on any atom is -0.495 e. The molecule has 2 aliphatic heterocycles. The molecule has 4 rings (SSSR count). The molecule has 3 fully saturated rings. The summed E-state index contributed by atoms with van der Waals surface area (Å²) in [5.74, 6) is 0.251. The molecule has 178 valence electrons. The molecule has 33 heavy (non-hydrogen) atoms. The van der Waals surface area contributed by atoms with E-state index in [2.05, 4.69) is 10.6 Å². The van der Waals surface area contributed by atoms with Crippen molar-refractivity contribution in [2.45, 2.75) is 56.9 Å². The number of hydrogen-bond acceptors (Lipinski definition) is 5. The molecule has 1 saturated carbocycles. The first kappa shape index (κ1) is 23.1. The highest BCUT2D eigenvalue weighted by Gasteiger charge is 2.52. The average molecular weight is 457 g/mol. The molecule has 0 unspecified atom stereocenters. The van der Waals surface area contributed by atoms with Crippen molar-refractivity contribution >= 4 is 29.4 Å². The number of hydrogen-bond donors (Lipinski definition) is 2. The molecule has 1 spiro atoms. The van der Waals surface area contributed by atoms with Gasteiger partial charge in [-0.1, -0.05) is 25.0 Å². The number of methoxy groups -OCH3 is 1. The van der Waals surface area contributed by atoms with E-state index in [1.807, 2.05) is 12.1 Å². The summed E-state index contributed by atoms with van der Waals surface area (Å²) in [7, 11) is 1.56. The van der Waals surface area contributed by atoms with Crippen molar-refractivity contribution in [2.24, 2.45) is 5.92 Å². The molecule has 0 bridgehead atoms. The van der Waals surface area contributed by atoms with Crippen LogP contribution in [0.2, 0.25) is 0 Å². The number of anilines is 1. The number of ether oxygens (including phenoxy) is 1. The van der Waals surface area contributed by atoms with Gasteiger partial charge in [0.15, 0.2) is 0 Å². The Kier molecular flexibility index (Phi) is 6.85. The summed E-state index contributed by atoms with van der Waals surface area (Å²) < 4.78 is 5.28. The van der Waals surface area contributed by atoms with Crippen LogP contribution in [0.3, 0.4) is 0 Å². The number of amides is 5. The number of rotatable bonds is 7. The summed E-state index contributed by atoms with van der Waals surface area (Å²) in [6.07, 6.45) is 5.23. The zero-order valence-corrected chi connectivity index (χ0v) is 19.1. The fraction of sp³-hybridized carbons (Fsp3) is 0.583. The number of nitrogens with zero attached hydrogens (tertiary/aromatic N) is 2. The van der Waals surface area contributed by atoms with Gasteiger partial charge in [-0.2, -0.15) is 0 Å². The van der Waals surface area contributed by atoms with Crippen LogP contribution >= 0.6 is 0 Å². The Balaban J connectivity index is 1.20. The molecule has 0 atom stereocenters. The largest absolute Gasteiger partial charge is 0.495 e. The van der Waals surface area contributed by atoms with Crippen LogP contribution in [-0.4, -0.2) is 65.8 Å². The van der Waals surface area contributed by atoms with Gasteiger partial charge in [0.05, 0.1) is 12.8 Å². The third-order valence-electron chi connectivity index (χ3n) is 7.06. The third kappa shape index (κ3) is 4.82. The van der Waals surface area contributed by atoms with Crippen LogP contribution in [0.4, 0.5) is 10.5 Å². The van der Waals surface area contributed by atoms with Crippen LogP contribution in [0.5, 0.6) is 5.75 Å². The lowest BCUT2D eigenvalue weighted by Crippen LogP contribution is -2.44. The molecule has 0 aromatic heterocycles. The quantitative estimate of drug-likeness (QED) is 0.613. The average Bonchev–Trinajstić information content (AvgIpc) is 3.39. The summed E-state index contributed by atoms with van der Waals surface area (Å²) in [6, 6.07) is 6.94. The van der Waals surface area contributed by atoms with E-state index in [9.17, 15) is 19.2 Å². The van der Waals surface area contributed by atoms with Crippen LogP contribution in [0.1, 0.15) is 51.4 Å². The third-order valence-corrected chi connectivity index (χ3v) is 7.06. The highest BCUT2D eigenvalue weighted by Crippen LogP contribution is 2.35. The molecule has 2 saturated heterocycles. The van der Waals surface area contributed by atoms with E-state index in [1.165, 1.54) is 4.90 Å². The van der Waals surface area contributed by atoms with E-state index in [0.717, 1.165) is 12.8 Å². The number of carbonyl (C=O) groups is 4. The van der Waals surface area contributed by atoms with Gasteiger partial charge >= 0.3 is 6.03 Å². The molecule has 3 aliphatic rings. The molecule has 1 aromatic rings. The second-order valence-electron chi connectivity index (χ2n) is 9.12. The van der Waals surface area contributed by atoms with Gasteiger partial charge in [-0.15, -0.1) is 0 Å². The Labute approximate surface area is 193 Å². The minimum absolute atomic E-state index is 0.00113. The SMILES string of the molecule is COc1ccccc1NC(=O)C1CCN(C(=O)CCCN2C(=O)NC3(CCCC3)C2=O)CC1. The van der Waals surface area contributed by atoms with Crippen molar-refractivity contribution in [1.82, 2.24) is 15.1 Å². The van der Waals surface area contributed by atoms with E-state index in [4.69, 9.17) is 4.74 Å². The van der Waals surface area contributed by atoms with Crippen LogP contribution in [0.25, 0.3) is 0 Å². The highest BCUT2D eigenvalue weighted by atomic mass is 16.5. The zero-order valence-electron chi connectivity index (χ0n) is 19.1. The molecular formula is C24H32N4O5.